The van der Waals surface area contributed by atoms with Crippen LogP contribution >= 0.6 is 0 Å². The number of para-hydroxylation sites is 1. The zero-order valence-electron chi connectivity index (χ0n) is 24.7. The van der Waals surface area contributed by atoms with Gasteiger partial charge in [-0.2, -0.15) is 0 Å². The van der Waals surface area contributed by atoms with Crippen molar-refractivity contribution in [3.8, 4) is 23.1 Å². The van der Waals surface area contributed by atoms with Gasteiger partial charge < -0.3 is 20.2 Å². The fourth-order valence-electron chi connectivity index (χ4n) is 5.17. The first-order valence-corrected chi connectivity index (χ1v) is 14.0. The molecule has 0 bridgehead atoms. The Morgan fingerprint density at radius 3 is 2.47 bits per heavy atom. The number of aromatic nitrogens is 4. The number of carbonyl (C=O) groups excluding carboxylic acids is 1. The first-order chi connectivity index (χ1) is 22.4. The average molecular weight is 652 g/mol. The number of hydrazine groups is 1. The van der Waals surface area contributed by atoms with E-state index in [1.54, 1.807) is 6.92 Å². The Morgan fingerprint density at radius 1 is 1.04 bits per heavy atom. The summed E-state index contributed by atoms with van der Waals surface area (Å²) >= 11 is 0. The summed E-state index contributed by atoms with van der Waals surface area (Å²) in [6.45, 7) is 2.25. The van der Waals surface area contributed by atoms with Crippen molar-refractivity contribution in [1.82, 2.24) is 24.9 Å². The summed E-state index contributed by atoms with van der Waals surface area (Å²) in [5.41, 5.74) is 9.91. The van der Waals surface area contributed by atoms with E-state index in [-0.39, 0.29) is 46.6 Å². The van der Waals surface area contributed by atoms with Crippen molar-refractivity contribution in [2.24, 2.45) is 5.73 Å². The molecule has 0 amide bonds. The third kappa shape index (κ3) is 5.93. The summed E-state index contributed by atoms with van der Waals surface area (Å²) in [5.74, 6) is -2.95. The molecule has 0 atom stereocenters. The Bertz CT molecular complexity index is 2190. The highest BCUT2D eigenvalue weighted by Crippen LogP contribution is 2.33. The van der Waals surface area contributed by atoms with Crippen LogP contribution in [0.25, 0.3) is 16.6 Å². The van der Waals surface area contributed by atoms with Gasteiger partial charge in [0.1, 0.15) is 18.2 Å². The van der Waals surface area contributed by atoms with E-state index in [1.165, 1.54) is 54.5 Å². The molecule has 47 heavy (non-hydrogen) atoms. The minimum absolute atomic E-state index is 0.0259. The van der Waals surface area contributed by atoms with E-state index < -0.39 is 47.4 Å². The number of rotatable bonds is 9. The van der Waals surface area contributed by atoms with Gasteiger partial charge in [-0.1, -0.05) is 6.07 Å². The number of nitrogens with zero attached hydrogens (tertiary/aromatic N) is 3. The van der Waals surface area contributed by atoms with Crippen LogP contribution < -0.4 is 36.9 Å². The van der Waals surface area contributed by atoms with Gasteiger partial charge in [0.2, 0.25) is 17.4 Å². The quantitative estimate of drug-likeness (QED) is 0.136. The van der Waals surface area contributed by atoms with E-state index in [9.17, 15) is 31.9 Å². The van der Waals surface area contributed by atoms with Crippen molar-refractivity contribution >= 4 is 22.4 Å². The van der Waals surface area contributed by atoms with Crippen molar-refractivity contribution in [1.29, 1.82) is 0 Å². The Labute approximate surface area is 262 Å². The number of fused-ring (bicyclic) bond motifs is 1. The Balaban J connectivity index is 1.31. The van der Waals surface area contributed by atoms with Crippen LogP contribution in [0, 0.1) is 25.5 Å². The van der Waals surface area contributed by atoms with E-state index in [2.05, 4.69) is 20.4 Å². The van der Waals surface area contributed by atoms with E-state index >= 15 is 0 Å². The van der Waals surface area contributed by atoms with Gasteiger partial charge in [0.25, 0.3) is 12.0 Å². The number of nitrogens with one attached hydrogen (secondary N) is 3. The van der Waals surface area contributed by atoms with Gasteiger partial charge >= 0.3 is 5.69 Å². The highest BCUT2D eigenvalue weighted by atomic mass is 19.3. The van der Waals surface area contributed by atoms with Crippen LogP contribution in [-0.2, 0) is 0 Å². The van der Waals surface area contributed by atoms with Crippen LogP contribution in [-0.4, -0.2) is 44.9 Å². The molecule has 2 aromatic carbocycles. The second-order valence-electron chi connectivity index (χ2n) is 10.5. The number of hydrogen-bond donors (Lipinski definition) is 4. The minimum atomic E-state index is -2.81. The van der Waals surface area contributed by atoms with Gasteiger partial charge in [-0.3, -0.25) is 24.1 Å². The molecule has 0 unspecified atom stereocenters. The number of H-pyrrole nitrogens is 2. The number of ketones is 1. The third-order valence-electron chi connectivity index (χ3n) is 7.34. The molecule has 6 rings (SSSR count). The van der Waals surface area contributed by atoms with Crippen LogP contribution in [0.1, 0.15) is 21.7 Å². The molecule has 5 aromatic rings. The average Bonchev–Trinajstić information content (AvgIpc) is 3.60. The third-order valence-corrected chi connectivity index (χ3v) is 7.34. The van der Waals surface area contributed by atoms with Gasteiger partial charge in [0, 0.05) is 35.3 Å². The summed E-state index contributed by atoms with van der Waals surface area (Å²) in [6, 6.07) is 10.3. The van der Waals surface area contributed by atoms with Crippen molar-refractivity contribution in [3.05, 3.63) is 116 Å². The number of ether oxygens (including phenoxy) is 2. The van der Waals surface area contributed by atoms with Crippen LogP contribution in [0.4, 0.5) is 23.2 Å². The molecule has 12 nitrogen and oxygen atoms in total. The van der Waals surface area contributed by atoms with Crippen molar-refractivity contribution in [2.45, 2.75) is 20.3 Å². The molecule has 0 aliphatic carbocycles. The SMILES string of the molecule is Cc1cc(Oc2c(F)cccc2F)ncc1N1NCC(C(=O)c2cc3cc(OCC(F)F)c(-n4c(C)cc(=O)[nH]c4=O)cc3[nH]2)=C1N. The number of aromatic amines is 2. The van der Waals surface area contributed by atoms with Crippen LogP contribution in [0.2, 0.25) is 0 Å². The van der Waals surface area contributed by atoms with Gasteiger partial charge in [-0.05, 0) is 49.7 Å². The van der Waals surface area contributed by atoms with E-state index in [1.807, 2.05) is 0 Å². The summed E-state index contributed by atoms with van der Waals surface area (Å²) in [6.07, 6.45) is -1.44. The maximum atomic E-state index is 14.0. The second-order valence-corrected chi connectivity index (χ2v) is 10.5. The first-order valence-electron chi connectivity index (χ1n) is 14.0. The molecule has 1 aliphatic heterocycles. The zero-order chi connectivity index (χ0) is 33.6. The zero-order valence-corrected chi connectivity index (χ0v) is 24.7. The van der Waals surface area contributed by atoms with Crippen LogP contribution in [0.5, 0.6) is 17.4 Å². The fourth-order valence-corrected chi connectivity index (χ4v) is 5.17. The topological polar surface area (TPSA) is 160 Å². The maximum absolute atomic E-state index is 14.0. The molecule has 0 saturated carbocycles. The smallest absolute Gasteiger partial charge is 0.333 e. The maximum Gasteiger partial charge on any atom is 0.333 e. The summed E-state index contributed by atoms with van der Waals surface area (Å²) < 4.78 is 65.9. The number of hydrogen-bond acceptors (Lipinski definition) is 9. The first kappa shape index (κ1) is 31.1. The normalized spacial score (nSPS) is 13.2. The van der Waals surface area contributed by atoms with Crippen molar-refractivity contribution in [2.75, 3.05) is 18.2 Å². The Hall–Kier alpha value is -5.90. The highest BCUT2D eigenvalue weighted by molar-refractivity contribution is 6.11. The monoisotopic (exact) mass is 651 g/mol. The fraction of sp³-hybridized carbons (Fsp3) is 0.161. The van der Waals surface area contributed by atoms with E-state index in [4.69, 9.17) is 15.2 Å². The largest absolute Gasteiger partial charge is 0.485 e. The predicted molar refractivity (Wildman–Crippen MR) is 162 cm³/mol. The number of aryl methyl sites for hydroxylation is 2. The van der Waals surface area contributed by atoms with Gasteiger partial charge in [0.05, 0.1) is 28.8 Å². The standard InChI is InChI=1S/C31H25F4N7O5/c1-14-6-27(47-29-18(32)4-3-5-19(29)33)37-12-23(14)42-30(36)17(11-38-42)28(44)21-8-16-9-24(46-13-25(34)35)22(10-20(16)39-21)41-15(2)7-26(43)40-31(41)45/h3-10,12,25,38-39H,11,13,36H2,1-2H3,(H,40,43,45). The summed E-state index contributed by atoms with van der Waals surface area (Å²) in [7, 11) is 0. The lowest BCUT2D eigenvalue weighted by Gasteiger charge is -2.21. The Morgan fingerprint density at radius 2 is 1.79 bits per heavy atom. The number of benzene rings is 2. The predicted octanol–water partition coefficient (Wildman–Crippen LogP) is 4.11. The molecule has 1 aliphatic rings. The second kappa shape index (κ2) is 12.1. The number of pyridine rings is 1. The van der Waals surface area contributed by atoms with Crippen LogP contribution in [0.3, 0.4) is 0 Å². The van der Waals surface area contributed by atoms with E-state index in [0.29, 0.717) is 22.2 Å². The lowest BCUT2D eigenvalue weighted by molar-refractivity contribution is 0.0819. The Kier molecular flexibility index (Phi) is 8.02. The molecule has 4 heterocycles. The molecule has 0 fully saturated rings. The number of anilines is 1. The molecule has 0 saturated heterocycles. The van der Waals surface area contributed by atoms with E-state index in [0.717, 1.165) is 16.7 Å². The molecule has 16 heteroatoms. The summed E-state index contributed by atoms with van der Waals surface area (Å²) in [4.78, 5) is 47.3. The lowest BCUT2D eigenvalue weighted by atomic mass is 10.1. The number of halogens is 4. The summed E-state index contributed by atoms with van der Waals surface area (Å²) in [5, 5.41) is 1.85. The highest BCUT2D eigenvalue weighted by Gasteiger charge is 2.29. The van der Waals surface area contributed by atoms with Crippen molar-refractivity contribution in [3.63, 3.8) is 0 Å². The molecule has 5 N–H and O–H groups in total. The minimum Gasteiger partial charge on any atom is -0.485 e. The number of alkyl halides is 2. The lowest BCUT2D eigenvalue weighted by Crippen LogP contribution is -2.35. The number of carbonyl (C=O) groups is 1. The number of Topliss-reactive ketones (excluding diaryl/α,β-unsaturated/α-hetero) is 1. The molecular formula is C31H25F4N7O5. The molecule has 242 valence electrons. The molecular weight excluding hydrogens is 626 g/mol. The van der Waals surface area contributed by atoms with Crippen LogP contribution in [0.15, 0.2) is 75.7 Å². The molecule has 0 spiro atoms. The number of nitrogens with two attached hydrogens (primary N) is 1. The van der Waals surface area contributed by atoms with Gasteiger partial charge in [0.15, 0.2) is 11.6 Å². The van der Waals surface area contributed by atoms with Gasteiger partial charge in [-0.15, -0.1) is 0 Å². The van der Waals surface area contributed by atoms with Gasteiger partial charge in [-0.25, -0.2) is 32.8 Å². The van der Waals surface area contributed by atoms with Crippen molar-refractivity contribution < 1.29 is 31.8 Å². The molecule has 0 radical (unpaired) electrons. The molecule has 3 aromatic heterocycles.